The Morgan fingerprint density at radius 2 is 2.03 bits per heavy atom. The molecule has 2 N–H and O–H groups in total. The van der Waals surface area contributed by atoms with E-state index in [0.717, 1.165) is 11.3 Å². The lowest BCUT2D eigenvalue weighted by Gasteiger charge is -2.19. The van der Waals surface area contributed by atoms with E-state index in [1.807, 2.05) is 24.3 Å². The van der Waals surface area contributed by atoms with Crippen LogP contribution in [0.2, 0.25) is 0 Å². The highest BCUT2D eigenvalue weighted by atomic mass is 16.5. The van der Waals surface area contributed by atoms with E-state index in [9.17, 15) is 4.79 Å². The van der Waals surface area contributed by atoms with Crippen LogP contribution in [0.3, 0.4) is 0 Å². The van der Waals surface area contributed by atoms with E-state index in [1.165, 1.54) is 18.5 Å². The third kappa shape index (κ3) is 3.74. The SMILES string of the molecule is COc1cccc(N(N=Cc2ccc(C(=O)O)cc2)c2ncnc3[nH]ncc23)c1. The van der Waals surface area contributed by atoms with Crippen molar-refractivity contribution in [2.45, 2.75) is 0 Å². The Morgan fingerprint density at radius 1 is 1.21 bits per heavy atom. The van der Waals surface area contributed by atoms with Gasteiger partial charge >= 0.3 is 5.97 Å². The van der Waals surface area contributed by atoms with Gasteiger partial charge < -0.3 is 9.84 Å². The van der Waals surface area contributed by atoms with Gasteiger partial charge in [-0.05, 0) is 29.8 Å². The first-order chi connectivity index (χ1) is 14.2. The molecule has 0 spiro atoms. The number of methoxy groups -OCH3 is 1. The molecule has 0 aliphatic rings. The molecule has 0 fully saturated rings. The summed E-state index contributed by atoms with van der Waals surface area (Å²) in [6.45, 7) is 0. The van der Waals surface area contributed by atoms with Gasteiger partial charge in [0, 0.05) is 6.07 Å². The van der Waals surface area contributed by atoms with Crippen LogP contribution in [-0.2, 0) is 0 Å². The zero-order chi connectivity index (χ0) is 20.2. The third-order valence-corrected chi connectivity index (χ3v) is 4.21. The molecular weight excluding hydrogens is 372 g/mol. The van der Waals surface area contributed by atoms with Crippen LogP contribution in [0.5, 0.6) is 5.75 Å². The lowest BCUT2D eigenvalue weighted by Crippen LogP contribution is -2.12. The molecule has 0 bridgehead atoms. The molecule has 4 rings (SSSR count). The van der Waals surface area contributed by atoms with Gasteiger partial charge in [-0.3, -0.25) is 5.10 Å². The number of carboxylic acid groups (broad SMARTS) is 1. The number of aromatic nitrogens is 4. The second-order valence-corrected chi connectivity index (χ2v) is 6.01. The number of benzene rings is 2. The number of hydrogen-bond acceptors (Lipinski definition) is 7. The van der Waals surface area contributed by atoms with Crippen LogP contribution in [0, 0.1) is 0 Å². The number of anilines is 2. The van der Waals surface area contributed by atoms with Crippen molar-refractivity contribution in [2.24, 2.45) is 5.10 Å². The largest absolute Gasteiger partial charge is 0.497 e. The van der Waals surface area contributed by atoms with Crippen LogP contribution in [0.15, 0.2) is 66.2 Å². The van der Waals surface area contributed by atoms with Crippen molar-refractivity contribution < 1.29 is 14.6 Å². The molecule has 29 heavy (non-hydrogen) atoms. The molecule has 4 aromatic rings. The number of hydrazone groups is 1. The zero-order valence-corrected chi connectivity index (χ0v) is 15.4. The van der Waals surface area contributed by atoms with E-state index in [2.05, 4.69) is 25.3 Å². The molecule has 144 valence electrons. The summed E-state index contributed by atoms with van der Waals surface area (Å²) in [7, 11) is 1.59. The van der Waals surface area contributed by atoms with Crippen molar-refractivity contribution in [2.75, 3.05) is 12.1 Å². The second kappa shape index (κ2) is 7.77. The summed E-state index contributed by atoms with van der Waals surface area (Å²) in [5.41, 5.74) is 2.26. The monoisotopic (exact) mass is 388 g/mol. The maximum atomic E-state index is 11.0. The summed E-state index contributed by atoms with van der Waals surface area (Å²) in [4.78, 5) is 19.6. The molecule has 0 aliphatic heterocycles. The van der Waals surface area contributed by atoms with Crippen LogP contribution >= 0.6 is 0 Å². The Balaban J connectivity index is 1.77. The molecule has 0 amide bonds. The first kappa shape index (κ1) is 18.1. The lowest BCUT2D eigenvalue weighted by molar-refractivity contribution is 0.0697. The van der Waals surface area contributed by atoms with Crippen LogP contribution < -0.4 is 9.75 Å². The highest BCUT2D eigenvalue weighted by Crippen LogP contribution is 2.31. The van der Waals surface area contributed by atoms with Gasteiger partial charge in [-0.1, -0.05) is 18.2 Å². The highest BCUT2D eigenvalue weighted by molar-refractivity contribution is 5.91. The van der Waals surface area contributed by atoms with Crippen molar-refractivity contribution in [3.05, 3.63) is 72.2 Å². The zero-order valence-electron chi connectivity index (χ0n) is 15.4. The molecule has 2 heterocycles. The van der Waals surface area contributed by atoms with E-state index in [1.54, 1.807) is 36.7 Å². The molecule has 9 nitrogen and oxygen atoms in total. The number of ether oxygens (including phenoxy) is 1. The molecule has 0 atom stereocenters. The molecule has 9 heteroatoms. The van der Waals surface area contributed by atoms with Crippen molar-refractivity contribution >= 4 is 34.7 Å². The topological polar surface area (TPSA) is 117 Å². The number of aromatic amines is 1. The number of carboxylic acids is 1. The fourth-order valence-electron chi connectivity index (χ4n) is 2.74. The van der Waals surface area contributed by atoms with Gasteiger partial charge in [-0.15, -0.1) is 0 Å². The summed E-state index contributed by atoms with van der Waals surface area (Å²) in [5.74, 6) is 0.233. The van der Waals surface area contributed by atoms with Crippen molar-refractivity contribution in [3.8, 4) is 5.75 Å². The number of aromatic carboxylic acids is 1. The molecular formula is C20H16N6O3. The molecule has 2 aromatic heterocycles. The number of fused-ring (bicyclic) bond motifs is 1. The van der Waals surface area contributed by atoms with E-state index in [4.69, 9.17) is 9.84 Å². The summed E-state index contributed by atoms with van der Waals surface area (Å²) in [6, 6.07) is 13.8. The van der Waals surface area contributed by atoms with Crippen molar-refractivity contribution in [1.82, 2.24) is 20.2 Å². The minimum atomic E-state index is -0.977. The van der Waals surface area contributed by atoms with Gasteiger partial charge in [0.2, 0.25) is 0 Å². The van der Waals surface area contributed by atoms with Gasteiger partial charge in [-0.2, -0.15) is 10.2 Å². The summed E-state index contributed by atoms with van der Waals surface area (Å²) >= 11 is 0. The number of carbonyl (C=O) groups is 1. The van der Waals surface area contributed by atoms with Crippen LogP contribution in [-0.4, -0.2) is 44.6 Å². The number of H-pyrrole nitrogens is 1. The minimum absolute atomic E-state index is 0.211. The Hall–Kier alpha value is -4.27. The van der Waals surface area contributed by atoms with Crippen molar-refractivity contribution in [1.29, 1.82) is 0 Å². The predicted molar refractivity (Wildman–Crippen MR) is 108 cm³/mol. The Kier molecular flexibility index (Phi) is 4.85. The lowest BCUT2D eigenvalue weighted by atomic mass is 10.1. The number of nitrogens with zero attached hydrogens (tertiary/aromatic N) is 5. The Labute approximate surface area is 165 Å². The third-order valence-electron chi connectivity index (χ3n) is 4.21. The van der Waals surface area contributed by atoms with E-state index in [0.29, 0.717) is 22.6 Å². The first-order valence-electron chi connectivity index (χ1n) is 8.61. The summed E-state index contributed by atoms with van der Waals surface area (Å²) in [5, 5.41) is 22.8. The highest BCUT2D eigenvalue weighted by Gasteiger charge is 2.15. The quantitative estimate of drug-likeness (QED) is 0.385. The van der Waals surface area contributed by atoms with E-state index in [-0.39, 0.29) is 5.56 Å². The van der Waals surface area contributed by atoms with Crippen LogP contribution in [0.25, 0.3) is 11.0 Å². The number of nitrogens with one attached hydrogen (secondary N) is 1. The number of hydrogen-bond donors (Lipinski definition) is 2. The fourth-order valence-corrected chi connectivity index (χ4v) is 2.74. The van der Waals surface area contributed by atoms with Crippen LogP contribution in [0.4, 0.5) is 11.5 Å². The molecule has 0 saturated heterocycles. The normalized spacial score (nSPS) is 11.1. The van der Waals surface area contributed by atoms with Gasteiger partial charge in [0.05, 0.1) is 36.2 Å². The Bertz CT molecular complexity index is 1190. The maximum Gasteiger partial charge on any atom is 0.335 e. The predicted octanol–water partition coefficient (Wildman–Crippen LogP) is 3.23. The molecule has 2 aromatic carbocycles. The molecule has 0 radical (unpaired) electrons. The van der Waals surface area contributed by atoms with E-state index >= 15 is 0 Å². The van der Waals surface area contributed by atoms with Gasteiger partial charge in [0.15, 0.2) is 11.5 Å². The average Bonchev–Trinajstić information content (AvgIpc) is 3.24. The van der Waals surface area contributed by atoms with Crippen LogP contribution in [0.1, 0.15) is 15.9 Å². The standard InChI is InChI=1S/C20H16N6O3/c1-29-16-4-2-3-15(9-16)26(19-17-11-23-25-18(17)21-12-22-19)24-10-13-5-7-14(8-6-13)20(27)28/h2-12H,1H3,(H,27,28)(H,21,22,23,25). The first-order valence-corrected chi connectivity index (χ1v) is 8.61. The summed E-state index contributed by atoms with van der Waals surface area (Å²) < 4.78 is 5.33. The second-order valence-electron chi connectivity index (χ2n) is 6.01. The molecule has 0 saturated carbocycles. The van der Waals surface area contributed by atoms with Gasteiger partial charge in [0.1, 0.15) is 12.1 Å². The summed E-state index contributed by atoms with van der Waals surface area (Å²) in [6.07, 6.45) is 4.69. The maximum absolute atomic E-state index is 11.0. The van der Waals surface area contributed by atoms with Crippen molar-refractivity contribution in [3.63, 3.8) is 0 Å². The molecule has 0 unspecified atom stereocenters. The molecule has 0 aliphatic carbocycles. The van der Waals surface area contributed by atoms with Gasteiger partial charge in [-0.25, -0.2) is 19.8 Å². The van der Waals surface area contributed by atoms with Gasteiger partial charge in [0.25, 0.3) is 0 Å². The fraction of sp³-hybridized carbons (Fsp3) is 0.0500. The number of rotatable bonds is 6. The Morgan fingerprint density at radius 3 is 2.79 bits per heavy atom. The minimum Gasteiger partial charge on any atom is -0.497 e. The average molecular weight is 388 g/mol. The van der Waals surface area contributed by atoms with E-state index < -0.39 is 5.97 Å². The smallest absolute Gasteiger partial charge is 0.335 e.